The van der Waals surface area contributed by atoms with Crippen LogP contribution in [-0.4, -0.2) is 5.97 Å². The molecule has 0 spiro atoms. The summed E-state index contributed by atoms with van der Waals surface area (Å²) < 4.78 is 5.55. The summed E-state index contributed by atoms with van der Waals surface area (Å²) in [6.07, 6.45) is 0. The van der Waals surface area contributed by atoms with Crippen LogP contribution in [0.25, 0.3) is 0 Å². The Bertz CT molecular complexity index is 358. The van der Waals surface area contributed by atoms with Gasteiger partial charge in [-0.2, -0.15) is 0 Å². The van der Waals surface area contributed by atoms with Gasteiger partial charge in [0.05, 0.1) is 5.41 Å². The van der Waals surface area contributed by atoms with Crippen molar-refractivity contribution in [1.29, 1.82) is 0 Å². The number of carbonyl (C=O) groups excluding carboxylic acids is 1. The van der Waals surface area contributed by atoms with Crippen molar-refractivity contribution in [2.24, 2.45) is 5.41 Å². The molecule has 16 heavy (non-hydrogen) atoms. The van der Waals surface area contributed by atoms with E-state index in [4.69, 9.17) is 4.74 Å². The maximum atomic E-state index is 11.8. The zero-order valence-corrected chi connectivity index (χ0v) is 10.7. The number of benzene rings is 1. The number of rotatable bonds is 2. The van der Waals surface area contributed by atoms with E-state index < -0.39 is 11.0 Å². The molecular weight excluding hydrogens is 200 g/mol. The summed E-state index contributed by atoms with van der Waals surface area (Å²) in [7, 11) is 0. The second kappa shape index (κ2) is 4.28. The van der Waals surface area contributed by atoms with Crippen LogP contribution in [0.4, 0.5) is 0 Å². The molecule has 1 rings (SSSR count). The molecule has 0 aliphatic carbocycles. The summed E-state index contributed by atoms with van der Waals surface area (Å²) in [5.41, 5.74) is -0.0369. The summed E-state index contributed by atoms with van der Waals surface area (Å²) in [5, 5.41) is 0. The summed E-state index contributed by atoms with van der Waals surface area (Å²) >= 11 is 0. The molecule has 0 atom stereocenters. The molecule has 0 N–H and O–H groups in total. The zero-order chi connectivity index (χ0) is 12.4. The van der Waals surface area contributed by atoms with Gasteiger partial charge in [-0.3, -0.25) is 4.79 Å². The molecule has 0 saturated carbocycles. The third-order valence-corrected chi connectivity index (χ3v) is 2.43. The van der Waals surface area contributed by atoms with Crippen LogP contribution in [0.2, 0.25) is 0 Å². The van der Waals surface area contributed by atoms with Crippen LogP contribution in [0.5, 0.6) is 0 Å². The second-order valence-corrected chi connectivity index (χ2v) is 5.52. The van der Waals surface area contributed by atoms with E-state index in [0.29, 0.717) is 0 Å². The van der Waals surface area contributed by atoms with Crippen molar-refractivity contribution in [1.82, 2.24) is 0 Å². The molecule has 2 nitrogen and oxygen atoms in total. The molecule has 0 fully saturated rings. The fraction of sp³-hybridized carbons (Fsp3) is 0.500. The minimum absolute atomic E-state index is 0.179. The van der Waals surface area contributed by atoms with Crippen molar-refractivity contribution in [2.75, 3.05) is 0 Å². The van der Waals surface area contributed by atoms with Crippen molar-refractivity contribution >= 4 is 5.97 Å². The SMILES string of the molecule is CC(C)(C)C(=O)OC(C)(C)c1ccccc1. The van der Waals surface area contributed by atoms with Crippen LogP contribution in [0, 0.1) is 5.41 Å². The average molecular weight is 220 g/mol. The van der Waals surface area contributed by atoms with Crippen molar-refractivity contribution in [3.05, 3.63) is 35.9 Å². The molecule has 0 aliphatic rings. The highest BCUT2D eigenvalue weighted by atomic mass is 16.6. The Labute approximate surface area is 97.6 Å². The smallest absolute Gasteiger partial charge is 0.312 e. The number of esters is 1. The van der Waals surface area contributed by atoms with Crippen molar-refractivity contribution in [3.8, 4) is 0 Å². The van der Waals surface area contributed by atoms with Gasteiger partial charge < -0.3 is 4.74 Å². The van der Waals surface area contributed by atoms with Gasteiger partial charge in [-0.25, -0.2) is 0 Å². The standard InChI is InChI=1S/C14H20O2/c1-13(2,3)12(15)16-14(4,5)11-9-7-6-8-10-11/h6-10H,1-5H3. The predicted molar refractivity (Wildman–Crippen MR) is 65.0 cm³/mol. The van der Waals surface area contributed by atoms with E-state index in [1.54, 1.807) is 0 Å². The lowest BCUT2D eigenvalue weighted by Gasteiger charge is -2.29. The minimum Gasteiger partial charge on any atom is -0.454 e. The first kappa shape index (κ1) is 12.8. The molecule has 0 amide bonds. The third kappa shape index (κ3) is 3.09. The molecule has 0 radical (unpaired) electrons. The molecular formula is C14H20O2. The maximum absolute atomic E-state index is 11.8. The Morgan fingerprint density at radius 2 is 1.50 bits per heavy atom. The van der Waals surface area contributed by atoms with Gasteiger partial charge in [0.25, 0.3) is 0 Å². The van der Waals surface area contributed by atoms with Gasteiger partial charge in [0.1, 0.15) is 5.60 Å². The fourth-order valence-electron chi connectivity index (χ4n) is 1.28. The number of hydrogen-bond acceptors (Lipinski definition) is 2. The number of ether oxygens (including phenoxy) is 1. The first-order valence-corrected chi connectivity index (χ1v) is 5.52. The lowest BCUT2D eigenvalue weighted by atomic mass is 9.94. The highest BCUT2D eigenvalue weighted by Gasteiger charge is 2.31. The Morgan fingerprint density at radius 1 is 1.00 bits per heavy atom. The van der Waals surface area contributed by atoms with E-state index in [-0.39, 0.29) is 5.97 Å². The number of hydrogen-bond donors (Lipinski definition) is 0. The fourth-order valence-corrected chi connectivity index (χ4v) is 1.28. The van der Waals surface area contributed by atoms with E-state index in [1.807, 2.05) is 65.0 Å². The maximum Gasteiger partial charge on any atom is 0.312 e. The quantitative estimate of drug-likeness (QED) is 0.713. The van der Waals surface area contributed by atoms with E-state index in [9.17, 15) is 4.79 Å². The summed E-state index contributed by atoms with van der Waals surface area (Å²) in [6.45, 7) is 9.39. The lowest BCUT2D eigenvalue weighted by molar-refractivity contribution is -0.167. The Morgan fingerprint density at radius 3 is 1.94 bits per heavy atom. The average Bonchev–Trinajstić information content (AvgIpc) is 2.17. The predicted octanol–water partition coefficient (Wildman–Crippen LogP) is 3.51. The molecule has 0 unspecified atom stereocenters. The topological polar surface area (TPSA) is 26.3 Å². The van der Waals surface area contributed by atoms with E-state index >= 15 is 0 Å². The zero-order valence-electron chi connectivity index (χ0n) is 10.7. The van der Waals surface area contributed by atoms with Gasteiger partial charge >= 0.3 is 5.97 Å². The molecule has 2 heteroatoms. The first-order valence-electron chi connectivity index (χ1n) is 5.52. The van der Waals surface area contributed by atoms with Crippen molar-refractivity contribution < 1.29 is 9.53 Å². The Hall–Kier alpha value is -1.31. The van der Waals surface area contributed by atoms with Crippen molar-refractivity contribution in [3.63, 3.8) is 0 Å². The molecule has 0 aromatic heterocycles. The van der Waals surface area contributed by atoms with E-state index in [2.05, 4.69) is 0 Å². The van der Waals surface area contributed by atoms with Crippen molar-refractivity contribution in [2.45, 2.75) is 40.2 Å². The Kier molecular flexibility index (Phi) is 3.41. The van der Waals surface area contributed by atoms with Crippen LogP contribution in [0.3, 0.4) is 0 Å². The molecule has 0 saturated heterocycles. The molecule has 1 aromatic carbocycles. The largest absolute Gasteiger partial charge is 0.454 e. The van der Waals surface area contributed by atoms with E-state index in [0.717, 1.165) is 5.56 Å². The van der Waals surface area contributed by atoms with Crippen LogP contribution >= 0.6 is 0 Å². The van der Waals surface area contributed by atoms with Crippen LogP contribution < -0.4 is 0 Å². The molecule has 0 heterocycles. The normalized spacial score (nSPS) is 12.3. The molecule has 0 aliphatic heterocycles. The van der Waals surface area contributed by atoms with Gasteiger partial charge in [0.2, 0.25) is 0 Å². The molecule has 1 aromatic rings. The summed E-state index contributed by atoms with van der Waals surface area (Å²) in [4.78, 5) is 11.8. The molecule has 88 valence electrons. The highest BCUT2D eigenvalue weighted by Crippen LogP contribution is 2.28. The Balaban J connectivity index is 2.85. The van der Waals surface area contributed by atoms with Crippen LogP contribution in [-0.2, 0) is 15.1 Å². The van der Waals surface area contributed by atoms with Gasteiger partial charge in [-0.15, -0.1) is 0 Å². The monoisotopic (exact) mass is 220 g/mol. The van der Waals surface area contributed by atoms with Gasteiger partial charge in [-0.05, 0) is 40.2 Å². The van der Waals surface area contributed by atoms with Gasteiger partial charge in [0, 0.05) is 0 Å². The highest BCUT2D eigenvalue weighted by molar-refractivity contribution is 5.75. The summed E-state index contributed by atoms with van der Waals surface area (Å²) in [6, 6.07) is 9.78. The van der Waals surface area contributed by atoms with E-state index in [1.165, 1.54) is 0 Å². The number of carbonyl (C=O) groups is 1. The van der Waals surface area contributed by atoms with Gasteiger partial charge in [0.15, 0.2) is 0 Å². The van der Waals surface area contributed by atoms with Gasteiger partial charge in [-0.1, -0.05) is 30.3 Å². The van der Waals surface area contributed by atoms with Crippen LogP contribution in [0.1, 0.15) is 40.2 Å². The lowest BCUT2D eigenvalue weighted by Crippen LogP contribution is -2.32. The first-order chi connectivity index (χ1) is 7.23. The third-order valence-electron chi connectivity index (χ3n) is 2.43. The minimum atomic E-state index is -0.578. The van der Waals surface area contributed by atoms with Crippen LogP contribution in [0.15, 0.2) is 30.3 Å². The molecule has 0 bridgehead atoms. The second-order valence-electron chi connectivity index (χ2n) is 5.52. The summed E-state index contributed by atoms with van der Waals surface area (Å²) in [5.74, 6) is -0.179.